The number of nitrogens with one attached hydrogen (secondary N) is 1. The Bertz CT molecular complexity index is 455. The molecule has 114 valence electrons. The van der Waals surface area contributed by atoms with Gasteiger partial charge in [0.05, 0.1) is 23.8 Å². The number of halogens is 4. The summed E-state index contributed by atoms with van der Waals surface area (Å²) in [6, 6.07) is 2.11. The smallest absolute Gasteiger partial charge is 0.374 e. The molecule has 1 rings (SSSR count). The number of hydrazine groups is 1. The molecular formula is C13H18F4N2O. The van der Waals surface area contributed by atoms with Crippen LogP contribution >= 0.6 is 0 Å². The highest BCUT2D eigenvalue weighted by atomic mass is 19.4. The van der Waals surface area contributed by atoms with E-state index in [0.717, 1.165) is 12.1 Å². The highest BCUT2D eigenvalue weighted by Crippen LogP contribution is 2.33. The lowest BCUT2D eigenvalue weighted by atomic mass is 10.0. The van der Waals surface area contributed by atoms with Crippen LogP contribution in [-0.2, 0) is 10.9 Å². The maximum Gasteiger partial charge on any atom is 0.419 e. The predicted molar refractivity (Wildman–Crippen MR) is 67.2 cm³/mol. The van der Waals surface area contributed by atoms with Gasteiger partial charge in [0.25, 0.3) is 0 Å². The molecule has 0 bridgehead atoms. The summed E-state index contributed by atoms with van der Waals surface area (Å²) in [7, 11) is 0. The van der Waals surface area contributed by atoms with Gasteiger partial charge in [0, 0.05) is 0 Å². The van der Waals surface area contributed by atoms with Crippen molar-refractivity contribution in [3.05, 3.63) is 35.1 Å². The lowest BCUT2D eigenvalue weighted by molar-refractivity contribution is -0.140. The van der Waals surface area contributed by atoms with Crippen LogP contribution in [0.1, 0.15) is 37.9 Å². The molecule has 1 atom stereocenters. The van der Waals surface area contributed by atoms with Crippen LogP contribution in [0.15, 0.2) is 18.2 Å². The number of hydrogen-bond acceptors (Lipinski definition) is 3. The summed E-state index contributed by atoms with van der Waals surface area (Å²) >= 11 is 0. The third-order valence-corrected chi connectivity index (χ3v) is 2.58. The van der Waals surface area contributed by atoms with Gasteiger partial charge < -0.3 is 4.74 Å². The highest BCUT2D eigenvalue weighted by molar-refractivity contribution is 5.29. The van der Waals surface area contributed by atoms with Crippen LogP contribution < -0.4 is 11.3 Å². The van der Waals surface area contributed by atoms with E-state index in [1.165, 1.54) is 6.07 Å². The molecule has 3 nitrogen and oxygen atoms in total. The quantitative estimate of drug-likeness (QED) is 0.509. The molecule has 0 radical (unpaired) electrons. The number of nitrogens with two attached hydrogens (primary N) is 1. The Kier molecular flexibility index (Phi) is 5.12. The number of ether oxygens (including phenoxy) is 1. The van der Waals surface area contributed by atoms with Gasteiger partial charge in [-0.2, -0.15) is 13.2 Å². The Hall–Kier alpha value is -1.18. The zero-order valence-corrected chi connectivity index (χ0v) is 11.5. The molecule has 0 amide bonds. The monoisotopic (exact) mass is 294 g/mol. The largest absolute Gasteiger partial charge is 0.419 e. The SMILES string of the molecule is CC(C)(C)OCC(NN)c1ccc(F)c(C(F)(F)F)c1. The molecule has 20 heavy (non-hydrogen) atoms. The summed E-state index contributed by atoms with van der Waals surface area (Å²) < 4.78 is 56.6. The first-order valence-corrected chi connectivity index (χ1v) is 6.01. The van der Waals surface area contributed by atoms with Crippen LogP contribution in [0.4, 0.5) is 17.6 Å². The summed E-state index contributed by atoms with van der Waals surface area (Å²) in [5.41, 5.74) is 0.817. The van der Waals surface area contributed by atoms with Crippen LogP contribution in [-0.4, -0.2) is 12.2 Å². The summed E-state index contributed by atoms with van der Waals surface area (Å²) in [5.74, 6) is 4.01. The van der Waals surface area contributed by atoms with Gasteiger partial charge >= 0.3 is 6.18 Å². The second kappa shape index (κ2) is 6.07. The third-order valence-electron chi connectivity index (χ3n) is 2.58. The first-order chi connectivity index (χ1) is 9.04. The molecule has 1 aromatic rings. The van der Waals surface area contributed by atoms with E-state index in [1.807, 2.05) is 20.8 Å². The average molecular weight is 294 g/mol. The molecule has 0 heterocycles. The number of rotatable bonds is 4. The van der Waals surface area contributed by atoms with Gasteiger partial charge in [-0.15, -0.1) is 0 Å². The van der Waals surface area contributed by atoms with E-state index in [-0.39, 0.29) is 12.2 Å². The van der Waals surface area contributed by atoms with Gasteiger partial charge in [-0.3, -0.25) is 11.3 Å². The number of alkyl halides is 3. The lowest BCUT2D eigenvalue weighted by Crippen LogP contribution is -2.34. The van der Waals surface area contributed by atoms with Crippen molar-refractivity contribution in [2.24, 2.45) is 5.84 Å². The normalized spacial score (nSPS) is 14.4. The minimum absolute atomic E-state index is 0.0724. The van der Waals surface area contributed by atoms with Crippen molar-refractivity contribution in [1.82, 2.24) is 5.43 Å². The molecular weight excluding hydrogens is 276 g/mol. The molecule has 0 aromatic heterocycles. The molecule has 0 saturated carbocycles. The fourth-order valence-electron chi connectivity index (χ4n) is 1.55. The molecule has 0 aliphatic heterocycles. The van der Waals surface area contributed by atoms with Gasteiger partial charge in [-0.05, 0) is 38.5 Å². The van der Waals surface area contributed by atoms with Gasteiger partial charge in [-0.25, -0.2) is 4.39 Å². The summed E-state index contributed by atoms with van der Waals surface area (Å²) in [4.78, 5) is 0. The standard InChI is InChI=1S/C13H18F4N2O/c1-12(2,3)20-7-11(19-18)8-4-5-10(14)9(6-8)13(15,16)17/h4-6,11,19H,7,18H2,1-3H3. The third kappa shape index (κ3) is 4.73. The average Bonchev–Trinajstić information content (AvgIpc) is 2.28. The Morgan fingerprint density at radius 2 is 1.85 bits per heavy atom. The molecule has 1 aromatic carbocycles. The van der Waals surface area contributed by atoms with Gasteiger partial charge in [-0.1, -0.05) is 6.07 Å². The van der Waals surface area contributed by atoms with Crippen LogP contribution in [0, 0.1) is 5.82 Å². The van der Waals surface area contributed by atoms with Crippen molar-refractivity contribution >= 4 is 0 Å². The zero-order chi connectivity index (χ0) is 15.6. The maximum absolute atomic E-state index is 13.2. The molecule has 1 unspecified atom stereocenters. The summed E-state index contributed by atoms with van der Waals surface area (Å²) in [5, 5.41) is 0. The fourth-order valence-corrected chi connectivity index (χ4v) is 1.55. The molecule has 3 N–H and O–H groups in total. The fraction of sp³-hybridized carbons (Fsp3) is 0.538. The van der Waals surface area contributed by atoms with E-state index in [1.54, 1.807) is 0 Å². The molecule has 0 saturated heterocycles. The number of hydrogen-bond donors (Lipinski definition) is 2. The van der Waals surface area contributed by atoms with E-state index < -0.39 is 29.2 Å². The minimum Gasteiger partial charge on any atom is -0.374 e. The van der Waals surface area contributed by atoms with E-state index in [9.17, 15) is 17.6 Å². The van der Waals surface area contributed by atoms with Crippen molar-refractivity contribution in [3.8, 4) is 0 Å². The van der Waals surface area contributed by atoms with Crippen molar-refractivity contribution in [3.63, 3.8) is 0 Å². The Balaban J connectivity index is 2.99. The number of benzene rings is 1. The molecule has 0 spiro atoms. The topological polar surface area (TPSA) is 47.3 Å². The van der Waals surface area contributed by atoms with Crippen molar-refractivity contribution in [2.75, 3.05) is 6.61 Å². The molecule has 0 fully saturated rings. The van der Waals surface area contributed by atoms with Crippen LogP contribution in [0.25, 0.3) is 0 Å². The van der Waals surface area contributed by atoms with Crippen molar-refractivity contribution < 1.29 is 22.3 Å². The predicted octanol–water partition coefficient (Wildman–Crippen LogP) is 3.16. The highest BCUT2D eigenvalue weighted by Gasteiger charge is 2.34. The molecule has 0 aliphatic rings. The van der Waals surface area contributed by atoms with Crippen LogP contribution in [0.3, 0.4) is 0 Å². The molecule has 0 aliphatic carbocycles. The first-order valence-electron chi connectivity index (χ1n) is 6.01. The minimum atomic E-state index is -4.75. The van der Waals surface area contributed by atoms with Crippen LogP contribution in [0.5, 0.6) is 0 Å². The second-order valence-corrected chi connectivity index (χ2v) is 5.38. The van der Waals surface area contributed by atoms with E-state index in [2.05, 4.69) is 5.43 Å². The van der Waals surface area contributed by atoms with E-state index in [0.29, 0.717) is 0 Å². The van der Waals surface area contributed by atoms with Crippen molar-refractivity contribution in [2.45, 2.75) is 38.6 Å². The molecule has 7 heteroatoms. The van der Waals surface area contributed by atoms with Crippen LogP contribution in [0.2, 0.25) is 0 Å². The second-order valence-electron chi connectivity index (χ2n) is 5.38. The Morgan fingerprint density at radius 1 is 1.25 bits per heavy atom. The van der Waals surface area contributed by atoms with E-state index >= 15 is 0 Å². The Morgan fingerprint density at radius 3 is 2.30 bits per heavy atom. The van der Waals surface area contributed by atoms with Gasteiger partial charge in [0.2, 0.25) is 0 Å². The lowest BCUT2D eigenvalue weighted by Gasteiger charge is -2.24. The van der Waals surface area contributed by atoms with E-state index in [4.69, 9.17) is 10.6 Å². The summed E-state index contributed by atoms with van der Waals surface area (Å²) in [6.45, 7) is 5.51. The zero-order valence-electron chi connectivity index (χ0n) is 11.5. The van der Waals surface area contributed by atoms with Gasteiger partial charge in [0.1, 0.15) is 5.82 Å². The van der Waals surface area contributed by atoms with Crippen molar-refractivity contribution in [1.29, 1.82) is 0 Å². The first kappa shape index (κ1) is 16.9. The Labute approximate surface area is 115 Å². The summed E-state index contributed by atoms with van der Waals surface area (Å²) in [6.07, 6.45) is -4.75. The maximum atomic E-state index is 13.2. The van der Waals surface area contributed by atoms with Gasteiger partial charge in [0.15, 0.2) is 0 Å².